The van der Waals surface area contributed by atoms with Gasteiger partial charge in [0.15, 0.2) is 13.2 Å². The molecule has 4 aliphatic heterocycles. The molecule has 0 aromatic heterocycles. The molecule has 4 heterocycles. The van der Waals surface area contributed by atoms with E-state index in [4.69, 9.17) is 65.4 Å². The van der Waals surface area contributed by atoms with Crippen LogP contribution in [0.4, 0.5) is 20.2 Å². The topological polar surface area (TPSA) is 176 Å². The van der Waals surface area contributed by atoms with Crippen molar-refractivity contribution in [3.8, 4) is 0 Å². The number of halogens is 6. The van der Waals surface area contributed by atoms with Crippen LogP contribution < -0.4 is 20.4 Å². The number of carbonyl (C=O) groups excluding carboxylic acids is 6. The molecule has 4 fully saturated rings. The van der Waals surface area contributed by atoms with Crippen molar-refractivity contribution >= 4 is 93.3 Å². The van der Waals surface area contributed by atoms with E-state index in [2.05, 4.69) is 20.4 Å². The molecule has 88 heavy (non-hydrogen) atoms. The van der Waals surface area contributed by atoms with Gasteiger partial charge in [-0.25, -0.2) is 18.4 Å². The van der Waals surface area contributed by atoms with Crippen LogP contribution in [0.5, 0.6) is 0 Å². The molecule has 4 saturated heterocycles. The second-order valence-electron chi connectivity index (χ2n) is 22.5. The van der Waals surface area contributed by atoms with E-state index >= 15 is 0 Å². The lowest BCUT2D eigenvalue weighted by molar-refractivity contribution is -0.146. The van der Waals surface area contributed by atoms with E-state index in [1.54, 1.807) is 58.3 Å². The number of hydrogen-bond donors (Lipinski definition) is 2. The van der Waals surface area contributed by atoms with Gasteiger partial charge < -0.3 is 49.2 Å². The maximum Gasteiger partial charge on any atom is 0.331 e. The molecular formula is C66H64Cl4F2N6O10. The molecule has 10 rings (SSSR count). The van der Waals surface area contributed by atoms with E-state index in [-0.39, 0.29) is 38.1 Å². The van der Waals surface area contributed by atoms with Crippen LogP contribution in [0.1, 0.15) is 60.8 Å². The van der Waals surface area contributed by atoms with Crippen LogP contribution >= 0.6 is 46.4 Å². The van der Waals surface area contributed by atoms with Crippen molar-refractivity contribution in [3.05, 3.63) is 212 Å². The molecule has 2 N–H and O–H groups in total. The van der Waals surface area contributed by atoms with Gasteiger partial charge in [0.25, 0.3) is 23.6 Å². The quantitative estimate of drug-likeness (QED) is 0.0547. The summed E-state index contributed by atoms with van der Waals surface area (Å²) in [6.45, 7) is 1.50. The molecule has 0 radical (unpaired) electrons. The zero-order valence-electron chi connectivity index (χ0n) is 47.9. The summed E-state index contributed by atoms with van der Waals surface area (Å²) in [6, 6.07) is 41.2. The Balaban J connectivity index is 0.721. The van der Waals surface area contributed by atoms with Crippen molar-refractivity contribution in [2.45, 2.75) is 60.8 Å². The molecule has 2 unspecified atom stereocenters. The number of hydrogen-bond acceptors (Lipinski definition) is 12. The molecule has 6 aromatic carbocycles. The van der Waals surface area contributed by atoms with Crippen molar-refractivity contribution < 1.29 is 56.5 Å². The van der Waals surface area contributed by atoms with Gasteiger partial charge in [-0.1, -0.05) is 119 Å². The number of likely N-dealkylation sites (tertiary alicyclic amines) is 2. The molecule has 2 atom stereocenters. The van der Waals surface area contributed by atoms with Gasteiger partial charge in [-0.05, 0) is 134 Å². The van der Waals surface area contributed by atoms with E-state index < -0.39 is 70.9 Å². The van der Waals surface area contributed by atoms with Crippen LogP contribution in [-0.2, 0) is 70.0 Å². The first kappa shape index (κ1) is 63.7. The summed E-state index contributed by atoms with van der Waals surface area (Å²) in [6.07, 6.45) is 3.86. The summed E-state index contributed by atoms with van der Waals surface area (Å²) in [5.74, 6) is -4.80. The van der Waals surface area contributed by atoms with Gasteiger partial charge in [-0.3, -0.25) is 19.2 Å². The van der Waals surface area contributed by atoms with Crippen LogP contribution in [0.3, 0.4) is 0 Å². The molecule has 4 amide bonds. The first-order valence-electron chi connectivity index (χ1n) is 28.8. The monoisotopic (exact) mass is 1280 g/mol. The Morgan fingerprint density at radius 1 is 0.489 bits per heavy atom. The van der Waals surface area contributed by atoms with E-state index in [0.29, 0.717) is 109 Å². The van der Waals surface area contributed by atoms with E-state index in [1.165, 1.54) is 24.3 Å². The predicted octanol–water partition coefficient (Wildman–Crippen LogP) is 10.4. The number of anilines is 2. The summed E-state index contributed by atoms with van der Waals surface area (Å²) in [5, 5.41) is 7.46. The number of nitrogens with one attached hydrogen (secondary N) is 2. The van der Waals surface area contributed by atoms with Gasteiger partial charge in [0.05, 0.1) is 44.3 Å². The van der Waals surface area contributed by atoms with Crippen molar-refractivity contribution in [1.82, 2.24) is 20.4 Å². The SMILES string of the molecule is O=C(COC(=O)/C=C/C(=O)OCC(=O)NC1(c2cccc(F)c2)CCN(CCC2(c3ccc(Cl)c(Cl)c3)CN(c3ccccc3)C(=O)CO2)CC1)NC1(c2cccc(F)c2)CCN(CCC2(c3ccc(Cl)c(Cl)c3)CN(c3ccccc3)C(=O)CO2)CC1. The fraction of sp³-hybridized carbons (Fsp3) is 0.333. The molecular weight excluding hydrogens is 1220 g/mol. The molecule has 4 aliphatic rings. The highest BCUT2D eigenvalue weighted by Crippen LogP contribution is 2.42. The number of morpholine rings is 2. The Morgan fingerprint density at radius 3 is 1.24 bits per heavy atom. The minimum absolute atomic E-state index is 0.163. The Kier molecular flexibility index (Phi) is 20.3. The number of amides is 4. The Labute approximate surface area is 528 Å². The Morgan fingerprint density at radius 2 is 0.875 bits per heavy atom. The van der Waals surface area contributed by atoms with Crippen LogP contribution in [0.2, 0.25) is 20.1 Å². The second-order valence-corrected chi connectivity index (χ2v) is 24.1. The number of carbonyl (C=O) groups is 6. The molecule has 6 aromatic rings. The number of nitrogens with zero attached hydrogens (tertiary/aromatic N) is 4. The van der Waals surface area contributed by atoms with E-state index in [9.17, 15) is 37.5 Å². The van der Waals surface area contributed by atoms with Crippen molar-refractivity contribution in [3.63, 3.8) is 0 Å². The van der Waals surface area contributed by atoms with Gasteiger partial charge in [0.2, 0.25) is 0 Å². The van der Waals surface area contributed by atoms with Gasteiger partial charge in [-0.15, -0.1) is 0 Å². The van der Waals surface area contributed by atoms with Crippen LogP contribution in [0.15, 0.2) is 158 Å². The smallest absolute Gasteiger partial charge is 0.331 e. The van der Waals surface area contributed by atoms with Crippen LogP contribution in [-0.4, -0.2) is 124 Å². The fourth-order valence-corrected chi connectivity index (χ4v) is 12.8. The maximum absolute atomic E-state index is 14.8. The van der Waals surface area contributed by atoms with Crippen LogP contribution in [0.25, 0.3) is 0 Å². The molecule has 22 heteroatoms. The van der Waals surface area contributed by atoms with Crippen molar-refractivity contribution in [2.24, 2.45) is 0 Å². The minimum Gasteiger partial charge on any atom is -0.452 e. The molecule has 16 nitrogen and oxygen atoms in total. The number of esters is 2. The second kappa shape index (κ2) is 28.1. The third kappa shape index (κ3) is 15.1. The van der Waals surface area contributed by atoms with Gasteiger partial charge in [-0.2, -0.15) is 0 Å². The fourth-order valence-electron chi connectivity index (χ4n) is 12.2. The van der Waals surface area contributed by atoms with E-state index in [1.807, 2.05) is 72.8 Å². The average Bonchev–Trinajstić information content (AvgIpc) is 1.86. The van der Waals surface area contributed by atoms with Gasteiger partial charge in [0, 0.05) is 62.8 Å². The third-order valence-electron chi connectivity index (χ3n) is 17.0. The summed E-state index contributed by atoms with van der Waals surface area (Å²) in [4.78, 5) is 87.5. The summed E-state index contributed by atoms with van der Waals surface area (Å²) in [5.41, 5.74) is -0.00631. The normalized spacial score (nSPS) is 20.6. The largest absolute Gasteiger partial charge is 0.452 e. The predicted molar refractivity (Wildman–Crippen MR) is 330 cm³/mol. The van der Waals surface area contributed by atoms with E-state index in [0.717, 1.165) is 34.7 Å². The number of para-hydroxylation sites is 2. The summed E-state index contributed by atoms with van der Waals surface area (Å²) >= 11 is 25.7. The summed E-state index contributed by atoms with van der Waals surface area (Å²) in [7, 11) is 0. The zero-order valence-corrected chi connectivity index (χ0v) is 50.9. The molecule has 0 spiro atoms. The standard InChI is InChI=1S/C66H64Cl4F2N6O10/c67-53-19-17-47(37-55(53)69)65(43-77(59(81)41-87-65)51-13-3-1-4-14-51)27-33-75-29-23-63(24-30-75,45-9-7-11-49(71)35-45)73-57(79)39-85-61(83)21-22-62(84)86-40-58(80)74-64(46-10-8-12-50(72)36-46)25-31-76(32-26-64)34-28-66(48-18-20-54(68)56(70)38-48)44-78(60(82)42-88-66)52-15-5-2-6-16-52/h1-22,35-38H,23-34,39-44H2,(H,73,79)(H,74,80)/b22-21+. The number of benzene rings is 6. The lowest BCUT2D eigenvalue weighted by Crippen LogP contribution is -2.56. The molecule has 0 saturated carbocycles. The van der Waals surface area contributed by atoms with Crippen molar-refractivity contribution in [1.29, 1.82) is 0 Å². The minimum atomic E-state index is -1.05. The highest BCUT2D eigenvalue weighted by molar-refractivity contribution is 6.42. The maximum atomic E-state index is 14.8. The lowest BCUT2D eigenvalue weighted by atomic mass is 9.80. The van der Waals surface area contributed by atoms with Gasteiger partial charge >= 0.3 is 11.9 Å². The summed E-state index contributed by atoms with van der Waals surface area (Å²) < 4.78 is 53.0. The molecule has 460 valence electrons. The third-order valence-corrected chi connectivity index (χ3v) is 18.5. The first-order chi connectivity index (χ1) is 42.3. The highest BCUT2D eigenvalue weighted by atomic mass is 35.5. The van der Waals surface area contributed by atoms with Crippen molar-refractivity contribution in [2.75, 3.05) is 88.6 Å². The first-order valence-corrected chi connectivity index (χ1v) is 30.4. The van der Waals surface area contributed by atoms with Gasteiger partial charge in [0.1, 0.15) is 36.1 Å². The highest BCUT2D eigenvalue weighted by Gasteiger charge is 2.46. The zero-order chi connectivity index (χ0) is 62.1. The lowest BCUT2D eigenvalue weighted by Gasteiger charge is -2.46. The number of rotatable bonds is 20. The number of piperidine rings is 2. The Hall–Kier alpha value is -7.26. The average molecular weight is 1280 g/mol. The van der Waals surface area contributed by atoms with Crippen LogP contribution in [0, 0.1) is 11.6 Å². The Bertz CT molecular complexity index is 3340. The molecule has 0 bridgehead atoms. The molecule has 0 aliphatic carbocycles. The number of ether oxygens (including phenoxy) is 4.